The highest BCUT2D eigenvalue weighted by Crippen LogP contribution is 2.27. The minimum Gasteiger partial charge on any atom is -0.336 e. The highest BCUT2D eigenvalue weighted by molar-refractivity contribution is 6.33. The van der Waals surface area contributed by atoms with E-state index in [2.05, 4.69) is 15.3 Å². The molecule has 0 bridgehead atoms. The molecule has 1 aromatic carbocycles. The Morgan fingerprint density at radius 1 is 1.24 bits per heavy atom. The minimum absolute atomic E-state index is 0.0972. The van der Waals surface area contributed by atoms with Crippen LogP contribution in [0.4, 0.5) is 15.9 Å². The number of hydrogen-bond acceptors (Lipinski definition) is 3. The Kier molecular flexibility index (Phi) is 3.45. The second kappa shape index (κ2) is 4.85. The number of nitrogens with one attached hydrogen (secondary N) is 1. The van der Waals surface area contributed by atoms with E-state index in [9.17, 15) is 4.39 Å². The molecule has 1 aromatic heterocycles. The molecular weight excluding hydrogens is 264 g/mol. The van der Waals surface area contributed by atoms with Gasteiger partial charge in [-0.1, -0.05) is 17.7 Å². The van der Waals surface area contributed by atoms with Crippen LogP contribution in [0, 0.1) is 12.7 Å². The van der Waals surface area contributed by atoms with Crippen LogP contribution in [-0.4, -0.2) is 9.97 Å². The van der Waals surface area contributed by atoms with Crippen molar-refractivity contribution < 1.29 is 4.39 Å². The summed E-state index contributed by atoms with van der Waals surface area (Å²) < 4.78 is 13.5. The molecule has 0 saturated carbocycles. The molecule has 1 heterocycles. The van der Waals surface area contributed by atoms with E-state index < -0.39 is 5.82 Å². The first-order valence-electron chi connectivity index (χ1n) is 4.78. The summed E-state index contributed by atoms with van der Waals surface area (Å²) in [5, 5.41) is 3.15. The Morgan fingerprint density at radius 3 is 2.65 bits per heavy atom. The lowest BCUT2D eigenvalue weighted by Crippen LogP contribution is -1.99. The molecule has 1 N–H and O–H groups in total. The normalized spacial score (nSPS) is 10.4. The summed E-state index contributed by atoms with van der Waals surface area (Å²) in [4.78, 5) is 7.84. The second-order valence-corrected chi connectivity index (χ2v) is 4.13. The third-order valence-corrected chi connectivity index (χ3v) is 2.53. The van der Waals surface area contributed by atoms with Gasteiger partial charge in [-0.15, -0.1) is 0 Å². The summed E-state index contributed by atoms with van der Waals surface area (Å²) in [6.45, 7) is 1.77. The van der Waals surface area contributed by atoms with Crippen molar-refractivity contribution in [2.75, 3.05) is 5.32 Å². The minimum atomic E-state index is -0.454. The number of benzene rings is 1. The smallest absolute Gasteiger partial charge is 0.224 e. The third-order valence-electron chi connectivity index (χ3n) is 2.04. The lowest BCUT2D eigenvalue weighted by Gasteiger charge is -2.09. The number of nitrogens with zero attached hydrogens (tertiary/aromatic N) is 2. The Hall–Kier alpha value is -1.39. The van der Waals surface area contributed by atoms with Gasteiger partial charge >= 0.3 is 0 Å². The zero-order valence-corrected chi connectivity index (χ0v) is 10.3. The third kappa shape index (κ3) is 2.84. The van der Waals surface area contributed by atoms with E-state index in [4.69, 9.17) is 23.2 Å². The van der Waals surface area contributed by atoms with Gasteiger partial charge in [0, 0.05) is 11.8 Å². The van der Waals surface area contributed by atoms with E-state index in [0.29, 0.717) is 11.5 Å². The van der Waals surface area contributed by atoms with Crippen molar-refractivity contribution in [3.05, 3.63) is 46.1 Å². The monoisotopic (exact) mass is 271 g/mol. The van der Waals surface area contributed by atoms with Gasteiger partial charge in [-0.05, 0) is 30.7 Å². The number of halogens is 3. The van der Waals surface area contributed by atoms with Crippen LogP contribution in [0.1, 0.15) is 5.69 Å². The van der Waals surface area contributed by atoms with Crippen molar-refractivity contribution >= 4 is 34.7 Å². The fourth-order valence-electron chi connectivity index (χ4n) is 1.34. The molecule has 2 aromatic rings. The molecule has 0 aliphatic carbocycles. The van der Waals surface area contributed by atoms with E-state index in [1.165, 1.54) is 12.1 Å². The van der Waals surface area contributed by atoms with Gasteiger partial charge in [0.15, 0.2) is 0 Å². The molecule has 2 rings (SSSR count). The van der Waals surface area contributed by atoms with Crippen molar-refractivity contribution in [3.63, 3.8) is 0 Å². The van der Waals surface area contributed by atoms with E-state index in [1.807, 2.05) is 0 Å². The maximum atomic E-state index is 13.5. The first-order valence-corrected chi connectivity index (χ1v) is 5.54. The Morgan fingerprint density at radius 2 is 2.00 bits per heavy atom. The summed E-state index contributed by atoms with van der Waals surface area (Å²) in [5.41, 5.74) is 0.850. The molecule has 0 saturated heterocycles. The zero-order chi connectivity index (χ0) is 12.4. The maximum Gasteiger partial charge on any atom is 0.224 e. The maximum absolute atomic E-state index is 13.5. The van der Waals surface area contributed by atoms with Crippen molar-refractivity contribution in [1.82, 2.24) is 9.97 Å². The molecule has 3 nitrogen and oxygen atoms in total. The van der Waals surface area contributed by atoms with E-state index >= 15 is 0 Å². The average molecular weight is 272 g/mol. The van der Waals surface area contributed by atoms with Crippen molar-refractivity contribution in [2.45, 2.75) is 6.92 Å². The van der Waals surface area contributed by atoms with Gasteiger partial charge in [0.1, 0.15) is 11.6 Å². The van der Waals surface area contributed by atoms with Crippen LogP contribution in [0.25, 0.3) is 0 Å². The Balaban J connectivity index is 2.38. The molecule has 6 heteroatoms. The van der Waals surface area contributed by atoms with Gasteiger partial charge in [-0.3, -0.25) is 0 Å². The fourth-order valence-corrected chi connectivity index (χ4v) is 1.78. The first-order chi connectivity index (χ1) is 8.06. The molecule has 0 radical (unpaired) electrons. The van der Waals surface area contributed by atoms with Crippen LogP contribution in [0.5, 0.6) is 0 Å². The van der Waals surface area contributed by atoms with E-state index in [1.54, 1.807) is 19.1 Å². The molecule has 0 spiro atoms. The average Bonchev–Trinajstić information content (AvgIpc) is 2.22. The van der Waals surface area contributed by atoms with Gasteiger partial charge in [-0.2, -0.15) is 0 Å². The van der Waals surface area contributed by atoms with Crippen molar-refractivity contribution in [3.8, 4) is 0 Å². The zero-order valence-electron chi connectivity index (χ0n) is 8.84. The van der Waals surface area contributed by atoms with Crippen molar-refractivity contribution in [1.29, 1.82) is 0 Å². The van der Waals surface area contributed by atoms with Crippen LogP contribution < -0.4 is 5.32 Å². The largest absolute Gasteiger partial charge is 0.336 e. The quantitative estimate of drug-likeness (QED) is 0.840. The van der Waals surface area contributed by atoms with Gasteiger partial charge in [0.25, 0.3) is 0 Å². The van der Waals surface area contributed by atoms with Gasteiger partial charge in [-0.25, -0.2) is 14.4 Å². The number of aromatic nitrogens is 2. The number of para-hydroxylation sites is 1. The molecule has 0 unspecified atom stereocenters. The topological polar surface area (TPSA) is 37.8 Å². The van der Waals surface area contributed by atoms with Crippen LogP contribution in [0.3, 0.4) is 0 Å². The first kappa shape index (κ1) is 12.1. The molecular formula is C11H8Cl2FN3. The number of rotatable bonds is 2. The summed E-state index contributed by atoms with van der Waals surface area (Å²) in [6, 6.07) is 6.07. The highest BCUT2D eigenvalue weighted by Gasteiger charge is 2.08. The molecule has 0 atom stereocenters. The molecule has 0 aliphatic heterocycles. The molecule has 0 amide bonds. The number of aryl methyl sites for hydroxylation is 1. The second-order valence-electron chi connectivity index (χ2n) is 3.39. The predicted molar refractivity (Wildman–Crippen MR) is 66.5 cm³/mol. The van der Waals surface area contributed by atoms with Gasteiger partial charge in [0.05, 0.1) is 10.7 Å². The van der Waals surface area contributed by atoms with E-state index in [0.717, 1.165) is 0 Å². The van der Waals surface area contributed by atoms with Gasteiger partial charge in [0.2, 0.25) is 5.28 Å². The van der Waals surface area contributed by atoms with Crippen LogP contribution in [-0.2, 0) is 0 Å². The Labute approximate surface area is 108 Å². The van der Waals surface area contributed by atoms with Crippen molar-refractivity contribution in [2.24, 2.45) is 0 Å². The van der Waals surface area contributed by atoms with Crippen LogP contribution >= 0.6 is 23.2 Å². The van der Waals surface area contributed by atoms with Gasteiger partial charge < -0.3 is 5.32 Å². The summed E-state index contributed by atoms with van der Waals surface area (Å²) >= 11 is 11.6. The highest BCUT2D eigenvalue weighted by atomic mass is 35.5. The lowest BCUT2D eigenvalue weighted by atomic mass is 10.3. The standard InChI is InChI=1S/C11H8Cl2FN3/c1-6-5-9(17-11(13)15-6)16-10-7(12)3-2-4-8(10)14/h2-5H,1H3,(H,15,16,17). The van der Waals surface area contributed by atoms with Crippen LogP contribution in [0.15, 0.2) is 24.3 Å². The fraction of sp³-hybridized carbons (Fsp3) is 0.0909. The summed E-state index contributed by atoms with van der Waals surface area (Å²) in [7, 11) is 0. The van der Waals surface area contributed by atoms with Crippen LogP contribution in [0.2, 0.25) is 10.3 Å². The lowest BCUT2D eigenvalue weighted by molar-refractivity contribution is 0.632. The number of hydrogen-bond donors (Lipinski definition) is 1. The SMILES string of the molecule is Cc1cc(Nc2c(F)cccc2Cl)nc(Cl)n1. The summed E-state index contributed by atoms with van der Waals surface area (Å²) in [6.07, 6.45) is 0. The molecule has 0 fully saturated rings. The predicted octanol–water partition coefficient (Wildman–Crippen LogP) is 3.97. The van der Waals surface area contributed by atoms with E-state index in [-0.39, 0.29) is 16.0 Å². The number of anilines is 2. The summed E-state index contributed by atoms with van der Waals surface area (Å²) in [5.74, 6) is -0.0561. The Bertz CT molecular complexity index is 520. The molecule has 0 aliphatic rings. The molecule has 88 valence electrons. The molecule has 17 heavy (non-hydrogen) atoms.